The molecule has 2 atom stereocenters. The highest BCUT2D eigenvalue weighted by Gasteiger charge is 2.29. The first-order valence-corrected chi connectivity index (χ1v) is 10.1. The largest absolute Gasteiger partial charge is 0.451 e. The Morgan fingerprint density at radius 3 is 2.43 bits per heavy atom. The third-order valence-corrected chi connectivity index (χ3v) is 5.26. The maximum absolute atomic E-state index is 12.5. The van der Waals surface area contributed by atoms with Crippen LogP contribution in [0.3, 0.4) is 0 Å². The number of rotatable bonds is 8. The summed E-state index contributed by atoms with van der Waals surface area (Å²) in [7, 11) is 0. The summed E-state index contributed by atoms with van der Waals surface area (Å²) in [5.74, 6) is -1.64. The molecular formula is C20H23ClN2O4S. The lowest BCUT2D eigenvalue weighted by molar-refractivity contribution is -0.157. The molecule has 0 aliphatic carbocycles. The first kappa shape index (κ1) is 21.9. The van der Waals surface area contributed by atoms with E-state index in [9.17, 15) is 14.4 Å². The van der Waals surface area contributed by atoms with Gasteiger partial charge in [-0.2, -0.15) is 0 Å². The zero-order valence-corrected chi connectivity index (χ0v) is 17.5. The first-order valence-electron chi connectivity index (χ1n) is 8.85. The average Bonchev–Trinajstić information content (AvgIpc) is 3.19. The molecule has 0 fully saturated rings. The smallest absolute Gasteiger partial charge is 0.329 e. The van der Waals surface area contributed by atoms with Gasteiger partial charge >= 0.3 is 5.97 Å². The minimum atomic E-state index is -1.00. The Labute approximate surface area is 173 Å². The normalized spacial score (nSPS) is 12.9. The van der Waals surface area contributed by atoms with Crippen LogP contribution in [-0.4, -0.2) is 29.9 Å². The SMILES string of the molecule is CC(C)[C@H](NC(=O)c1cccs1)C(=O)O[C@@H](C)C(=O)NCc1ccccc1Cl. The number of ether oxygens (including phenoxy) is 1. The van der Waals surface area contributed by atoms with Crippen LogP contribution in [0.1, 0.15) is 36.0 Å². The van der Waals surface area contributed by atoms with Gasteiger partial charge in [-0.1, -0.05) is 49.7 Å². The van der Waals surface area contributed by atoms with Crippen LogP contribution in [0, 0.1) is 5.92 Å². The zero-order valence-electron chi connectivity index (χ0n) is 15.9. The third-order valence-electron chi connectivity index (χ3n) is 4.03. The molecule has 8 heteroatoms. The second kappa shape index (κ2) is 10.2. The van der Waals surface area contributed by atoms with E-state index < -0.39 is 24.0 Å². The maximum atomic E-state index is 12.5. The van der Waals surface area contributed by atoms with Crippen molar-refractivity contribution in [2.45, 2.75) is 39.5 Å². The van der Waals surface area contributed by atoms with Crippen LogP contribution in [0.2, 0.25) is 5.02 Å². The van der Waals surface area contributed by atoms with Crippen molar-refractivity contribution in [1.82, 2.24) is 10.6 Å². The molecule has 1 aromatic heterocycles. The van der Waals surface area contributed by atoms with Crippen LogP contribution in [-0.2, 0) is 20.9 Å². The number of esters is 1. The highest BCUT2D eigenvalue weighted by Crippen LogP contribution is 2.15. The monoisotopic (exact) mass is 422 g/mol. The first-order chi connectivity index (χ1) is 13.3. The molecule has 0 aliphatic heterocycles. The van der Waals surface area contributed by atoms with Crippen LogP contribution >= 0.6 is 22.9 Å². The molecule has 1 heterocycles. The molecule has 0 saturated carbocycles. The number of carbonyl (C=O) groups is 3. The summed E-state index contributed by atoms with van der Waals surface area (Å²) in [5.41, 5.74) is 0.763. The lowest BCUT2D eigenvalue weighted by atomic mass is 10.0. The molecule has 0 radical (unpaired) electrons. The molecule has 28 heavy (non-hydrogen) atoms. The molecule has 0 bridgehead atoms. The van der Waals surface area contributed by atoms with E-state index in [-0.39, 0.29) is 18.4 Å². The standard InChI is InChI=1S/C20H23ClN2O4S/c1-12(2)17(23-19(25)16-9-6-10-28-16)20(26)27-13(3)18(24)22-11-14-7-4-5-8-15(14)21/h4-10,12-13,17H,11H2,1-3H3,(H,22,24)(H,23,25)/t13-,17-/m0/s1. The summed E-state index contributed by atoms with van der Waals surface area (Å²) in [4.78, 5) is 37.5. The quantitative estimate of drug-likeness (QED) is 0.638. The molecule has 0 saturated heterocycles. The number of nitrogens with one attached hydrogen (secondary N) is 2. The van der Waals surface area contributed by atoms with Crippen molar-refractivity contribution in [3.05, 3.63) is 57.2 Å². The van der Waals surface area contributed by atoms with Gasteiger partial charge in [-0.25, -0.2) is 4.79 Å². The van der Waals surface area contributed by atoms with E-state index in [4.69, 9.17) is 16.3 Å². The van der Waals surface area contributed by atoms with Gasteiger partial charge in [0.05, 0.1) is 4.88 Å². The lowest BCUT2D eigenvalue weighted by Gasteiger charge is -2.22. The number of halogens is 1. The van der Waals surface area contributed by atoms with Gasteiger partial charge in [0.1, 0.15) is 6.04 Å². The second-order valence-corrected chi connectivity index (χ2v) is 7.92. The van der Waals surface area contributed by atoms with E-state index in [2.05, 4.69) is 10.6 Å². The highest BCUT2D eigenvalue weighted by molar-refractivity contribution is 7.12. The van der Waals surface area contributed by atoms with E-state index in [0.717, 1.165) is 5.56 Å². The summed E-state index contributed by atoms with van der Waals surface area (Å²) in [6.45, 7) is 5.30. The van der Waals surface area contributed by atoms with Gasteiger partial charge in [0.25, 0.3) is 11.8 Å². The minimum absolute atomic E-state index is 0.199. The minimum Gasteiger partial charge on any atom is -0.451 e. The van der Waals surface area contributed by atoms with Gasteiger partial charge in [-0.3, -0.25) is 9.59 Å². The van der Waals surface area contributed by atoms with E-state index in [0.29, 0.717) is 9.90 Å². The molecule has 2 rings (SSSR count). The molecule has 1 aromatic carbocycles. The Morgan fingerprint density at radius 1 is 1.11 bits per heavy atom. The maximum Gasteiger partial charge on any atom is 0.329 e. The Morgan fingerprint density at radius 2 is 1.82 bits per heavy atom. The Kier molecular flexibility index (Phi) is 8.02. The van der Waals surface area contributed by atoms with Gasteiger partial charge < -0.3 is 15.4 Å². The Hall–Kier alpha value is -2.38. The highest BCUT2D eigenvalue weighted by atomic mass is 35.5. The van der Waals surface area contributed by atoms with Crippen molar-refractivity contribution >= 4 is 40.7 Å². The van der Waals surface area contributed by atoms with Crippen LogP contribution < -0.4 is 10.6 Å². The molecule has 2 amide bonds. The van der Waals surface area contributed by atoms with E-state index in [1.165, 1.54) is 18.3 Å². The molecule has 2 aromatic rings. The van der Waals surface area contributed by atoms with Crippen LogP contribution in [0.4, 0.5) is 0 Å². The molecule has 0 aliphatic rings. The van der Waals surface area contributed by atoms with Crippen LogP contribution in [0.15, 0.2) is 41.8 Å². The zero-order chi connectivity index (χ0) is 20.7. The molecule has 0 unspecified atom stereocenters. The van der Waals surface area contributed by atoms with Crippen molar-refractivity contribution in [1.29, 1.82) is 0 Å². The van der Waals surface area contributed by atoms with Gasteiger partial charge in [-0.05, 0) is 35.9 Å². The predicted molar refractivity (Wildman–Crippen MR) is 109 cm³/mol. The summed E-state index contributed by atoms with van der Waals surface area (Å²) in [5, 5.41) is 7.69. The summed E-state index contributed by atoms with van der Waals surface area (Å²) in [6.07, 6.45) is -1.00. The van der Waals surface area contributed by atoms with E-state index in [1.54, 1.807) is 49.6 Å². The van der Waals surface area contributed by atoms with Crippen LogP contribution in [0.5, 0.6) is 0 Å². The van der Waals surface area contributed by atoms with E-state index in [1.807, 2.05) is 6.07 Å². The van der Waals surface area contributed by atoms with Gasteiger partial charge in [0.2, 0.25) is 0 Å². The number of hydrogen-bond acceptors (Lipinski definition) is 5. The van der Waals surface area contributed by atoms with Crippen LogP contribution in [0.25, 0.3) is 0 Å². The fourth-order valence-corrected chi connectivity index (χ4v) is 3.22. The molecule has 150 valence electrons. The molecule has 2 N–H and O–H groups in total. The number of thiophene rings is 1. The summed E-state index contributed by atoms with van der Waals surface area (Å²) >= 11 is 7.34. The summed E-state index contributed by atoms with van der Waals surface area (Å²) < 4.78 is 5.28. The second-order valence-electron chi connectivity index (χ2n) is 6.56. The van der Waals surface area contributed by atoms with Crippen molar-refractivity contribution in [3.8, 4) is 0 Å². The van der Waals surface area contributed by atoms with Crippen molar-refractivity contribution in [2.24, 2.45) is 5.92 Å². The molecular weight excluding hydrogens is 400 g/mol. The fraction of sp³-hybridized carbons (Fsp3) is 0.350. The van der Waals surface area contributed by atoms with E-state index >= 15 is 0 Å². The number of benzene rings is 1. The number of amides is 2. The Balaban J connectivity index is 1.91. The Bertz CT molecular complexity index is 823. The number of carbonyl (C=O) groups excluding carboxylic acids is 3. The van der Waals surface area contributed by atoms with Crippen molar-refractivity contribution < 1.29 is 19.1 Å². The summed E-state index contributed by atoms with van der Waals surface area (Å²) in [6, 6.07) is 9.73. The molecule has 0 spiro atoms. The average molecular weight is 423 g/mol. The third kappa shape index (κ3) is 6.07. The van der Waals surface area contributed by atoms with Gasteiger partial charge in [-0.15, -0.1) is 11.3 Å². The predicted octanol–water partition coefficient (Wildman–Crippen LogP) is 3.40. The molecule has 6 nitrogen and oxygen atoms in total. The lowest BCUT2D eigenvalue weighted by Crippen LogP contribution is -2.47. The van der Waals surface area contributed by atoms with Gasteiger partial charge in [0, 0.05) is 11.6 Å². The number of hydrogen-bond donors (Lipinski definition) is 2. The fourth-order valence-electron chi connectivity index (χ4n) is 2.39. The van der Waals surface area contributed by atoms with Gasteiger partial charge in [0.15, 0.2) is 6.10 Å². The van der Waals surface area contributed by atoms with Crippen molar-refractivity contribution in [2.75, 3.05) is 0 Å². The van der Waals surface area contributed by atoms with Crippen molar-refractivity contribution in [3.63, 3.8) is 0 Å². The topological polar surface area (TPSA) is 84.5 Å².